The van der Waals surface area contributed by atoms with Crippen LogP contribution in [0.1, 0.15) is 59.8 Å². The fourth-order valence-corrected chi connectivity index (χ4v) is 2.62. The van der Waals surface area contributed by atoms with Crippen molar-refractivity contribution in [3.8, 4) is 0 Å². The van der Waals surface area contributed by atoms with Crippen molar-refractivity contribution < 1.29 is 4.79 Å². The van der Waals surface area contributed by atoms with E-state index in [0.717, 1.165) is 32.0 Å². The molecule has 1 atom stereocenters. The van der Waals surface area contributed by atoms with Gasteiger partial charge >= 0.3 is 0 Å². The Morgan fingerprint density at radius 3 is 2.35 bits per heavy atom. The van der Waals surface area contributed by atoms with Crippen molar-refractivity contribution in [2.45, 2.75) is 71.4 Å². The smallest absolute Gasteiger partial charge is 0.237 e. The molecule has 0 radical (unpaired) electrons. The fraction of sp³-hybridized carbons (Fsp3) is 0.938. The molecule has 0 aromatic heterocycles. The number of hydrogen-bond acceptors (Lipinski definition) is 3. The van der Waals surface area contributed by atoms with E-state index in [1.54, 1.807) is 0 Å². The molecule has 118 valence electrons. The van der Waals surface area contributed by atoms with E-state index in [9.17, 15) is 4.79 Å². The summed E-state index contributed by atoms with van der Waals surface area (Å²) >= 11 is 0. The number of nitrogens with zero attached hydrogens (tertiary/aromatic N) is 1. The minimum atomic E-state index is -0.553. The second-order valence-corrected chi connectivity index (χ2v) is 6.44. The lowest BCUT2D eigenvalue weighted by atomic mass is 9.95. The predicted octanol–water partition coefficient (Wildman–Crippen LogP) is 2.13. The normalized spacial score (nSPS) is 18.5. The average molecular weight is 283 g/mol. The zero-order chi connectivity index (χ0) is 15.2. The highest BCUT2D eigenvalue weighted by atomic mass is 16.1. The van der Waals surface area contributed by atoms with Gasteiger partial charge in [-0.2, -0.15) is 0 Å². The molecule has 0 aliphatic heterocycles. The lowest BCUT2D eigenvalue weighted by Gasteiger charge is -2.32. The fourth-order valence-electron chi connectivity index (χ4n) is 2.62. The Hall–Kier alpha value is -0.610. The second-order valence-electron chi connectivity index (χ2n) is 6.44. The molecule has 1 fully saturated rings. The van der Waals surface area contributed by atoms with E-state index >= 15 is 0 Å². The summed E-state index contributed by atoms with van der Waals surface area (Å²) in [6.07, 6.45) is 5.59. The van der Waals surface area contributed by atoms with Crippen molar-refractivity contribution >= 4 is 5.91 Å². The van der Waals surface area contributed by atoms with Crippen LogP contribution >= 0.6 is 0 Å². The van der Waals surface area contributed by atoms with Gasteiger partial charge in [-0.05, 0) is 38.6 Å². The Labute approximate surface area is 124 Å². The maximum atomic E-state index is 11.8. The molecule has 1 unspecified atom stereocenters. The van der Waals surface area contributed by atoms with E-state index in [1.165, 1.54) is 25.7 Å². The molecular formula is C16H33N3O. The number of rotatable bonds is 11. The van der Waals surface area contributed by atoms with Crippen LogP contribution in [0, 0.1) is 5.92 Å². The first-order chi connectivity index (χ1) is 9.45. The van der Waals surface area contributed by atoms with E-state index in [0.29, 0.717) is 6.04 Å². The van der Waals surface area contributed by atoms with Crippen molar-refractivity contribution in [2.24, 2.45) is 11.7 Å². The zero-order valence-corrected chi connectivity index (χ0v) is 13.7. The van der Waals surface area contributed by atoms with Crippen LogP contribution in [0.5, 0.6) is 0 Å². The van der Waals surface area contributed by atoms with Crippen LogP contribution in [-0.4, -0.2) is 42.0 Å². The highest BCUT2D eigenvalue weighted by Crippen LogP contribution is 2.24. The Morgan fingerprint density at radius 2 is 1.95 bits per heavy atom. The molecule has 0 spiro atoms. The van der Waals surface area contributed by atoms with Gasteiger partial charge in [-0.3, -0.25) is 4.79 Å². The molecule has 3 N–H and O–H groups in total. The van der Waals surface area contributed by atoms with Crippen LogP contribution in [0.2, 0.25) is 0 Å². The third kappa shape index (κ3) is 5.41. The van der Waals surface area contributed by atoms with E-state index in [1.807, 2.05) is 6.92 Å². The third-order valence-corrected chi connectivity index (χ3v) is 4.69. The Morgan fingerprint density at radius 1 is 1.35 bits per heavy atom. The summed E-state index contributed by atoms with van der Waals surface area (Å²) in [5.41, 5.74) is 5.06. The van der Waals surface area contributed by atoms with E-state index < -0.39 is 5.54 Å². The van der Waals surface area contributed by atoms with Gasteiger partial charge in [-0.25, -0.2) is 0 Å². The lowest BCUT2D eigenvalue weighted by molar-refractivity contribution is -0.124. The van der Waals surface area contributed by atoms with E-state index in [4.69, 9.17) is 5.73 Å². The van der Waals surface area contributed by atoms with Gasteiger partial charge in [-0.1, -0.05) is 33.6 Å². The van der Waals surface area contributed by atoms with Gasteiger partial charge in [0.2, 0.25) is 5.91 Å². The molecule has 1 amide bonds. The standard InChI is InChI=1S/C16H33N3O/c1-5-13(6-2)12-19(7-3)11-10-16(4,15(17)20)18-14-8-9-14/h13-14,18H,5-12H2,1-4H3,(H2,17,20). The maximum absolute atomic E-state index is 11.8. The van der Waals surface area contributed by atoms with Crippen LogP contribution in [0.4, 0.5) is 0 Å². The predicted molar refractivity (Wildman–Crippen MR) is 84.6 cm³/mol. The molecule has 0 bridgehead atoms. The molecule has 0 heterocycles. The summed E-state index contributed by atoms with van der Waals surface area (Å²) in [5, 5.41) is 3.43. The number of nitrogens with two attached hydrogens (primary N) is 1. The molecule has 1 saturated carbocycles. The summed E-state index contributed by atoms with van der Waals surface area (Å²) in [6, 6.07) is 0.501. The number of amides is 1. The van der Waals surface area contributed by atoms with Crippen molar-refractivity contribution in [3.05, 3.63) is 0 Å². The quantitative estimate of drug-likeness (QED) is 0.611. The second kappa shape index (κ2) is 7.99. The van der Waals surface area contributed by atoms with Crippen LogP contribution in [-0.2, 0) is 4.79 Å². The molecule has 4 nitrogen and oxygen atoms in total. The minimum absolute atomic E-state index is 0.219. The van der Waals surface area contributed by atoms with Crippen molar-refractivity contribution in [1.82, 2.24) is 10.2 Å². The summed E-state index contributed by atoms with van der Waals surface area (Å²) < 4.78 is 0. The minimum Gasteiger partial charge on any atom is -0.368 e. The first-order valence-electron chi connectivity index (χ1n) is 8.25. The highest BCUT2D eigenvalue weighted by molar-refractivity contribution is 5.84. The Bertz CT molecular complexity index is 300. The first kappa shape index (κ1) is 17.4. The molecule has 0 aromatic rings. The van der Waals surface area contributed by atoms with E-state index in [2.05, 4.69) is 31.0 Å². The van der Waals surface area contributed by atoms with E-state index in [-0.39, 0.29) is 5.91 Å². The molecule has 0 saturated heterocycles. The number of carbonyl (C=O) groups is 1. The van der Waals surface area contributed by atoms with Crippen LogP contribution in [0.25, 0.3) is 0 Å². The first-order valence-corrected chi connectivity index (χ1v) is 8.25. The van der Waals surface area contributed by atoms with Gasteiger partial charge in [-0.15, -0.1) is 0 Å². The molecule has 0 aromatic carbocycles. The van der Waals surface area contributed by atoms with Crippen molar-refractivity contribution in [1.29, 1.82) is 0 Å². The summed E-state index contributed by atoms with van der Waals surface area (Å²) in [5.74, 6) is 0.536. The number of carbonyl (C=O) groups excluding carboxylic acids is 1. The summed E-state index contributed by atoms with van der Waals surface area (Å²) in [6.45, 7) is 11.8. The Kier molecular flexibility index (Phi) is 6.96. The van der Waals surface area contributed by atoms with Gasteiger partial charge in [0.15, 0.2) is 0 Å². The van der Waals surface area contributed by atoms with Gasteiger partial charge in [0.1, 0.15) is 0 Å². The van der Waals surface area contributed by atoms with Crippen LogP contribution in [0.15, 0.2) is 0 Å². The molecular weight excluding hydrogens is 250 g/mol. The van der Waals surface area contributed by atoms with Crippen molar-refractivity contribution in [2.75, 3.05) is 19.6 Å². The summed E-state index contributed by atoms with van der Waals surface area (Å²) in [7, 11) is 0. The SMILES string of the molecule is CCC(CC)CN(CC)CCC(C)(NC1CC1)C(N)=O. The zero-order valence-electron chi connectivity index (χ0n) is 13.7. The number of hydrogen-bond donors (Lipinski definition) is 2. The van der Waals surface area contributed by atoms with Gasteiger partial charge < -0.3 is 16.0 Å². The monoisotopic (exact) mass is 283 g/mol. The summed E-state index contributed by atoms with van der Waals surface area (Å²) in [4.78, 5) is 14.2. The molecule has 1 rings (SSSR count). The van der Waals surface area contributed by atoms with Crippen molar-refractivity contribution in [3.63, 3.8) is 0 Å². The third-order valence-electron chi connectivity index (χ3n) is 4.69. The Balaban J connectivity index is 2.48. The lowest BCUT2D eigenvalue weighted by Crippen LogP contribution is -2.55. The van der Waals surface area contributed by atoms with Crippen LogP contribution in [0.3, 0.4) is 0 Å². The van der Waals surface area contributed by atoms with Gasteiger partial charge in [0, 0.05) is 19.1 Å². The molecule has 1 aliphatic rings. The topological polar surface area (TPSA) is 58.4 Å². The highest BCUT2D eigenvalue weighted by Gasteiger charge is 2.36. The van der Waals surface area contributed by atoms with Gasteiger partial charge in [0.25, 0.3) is 0 Å². The largest absolute Gasteiger partial charge is 0.368 e. The number of primary amides is 1. The maximum Gasteiger partial charge on any atom is 0.237 e. The molecule has 20 heavy (non-hydrogen) atoms. The average Bonchev–Trinajstić information content (AvgIpc) is 3.23. The molecule has 4 heteroatoms. The number of nitrogens with one attached hydrogen (secondary N) is 1. The van der Waals surface area contributed by atoms with Crippen LogP contribution < -0.4 is 11.1 Å². The van der Waals surface area contributed by atoms with Gasteiger partial charge in [0.05, 0.1) is 5.54 Å². The molecule has 1 aliphatic carbocycles.